The highest BCUT2D eigenvalue weighted by Crippen LogP contribution is 2.49. The third kappa shape index (κ3) is 2.95. The predicted octanol–water partition coefficient (Wildman–Crippen LogP) is 3.23. The van der Waals surface area contributed by atoms with E-state index in [0.29, 0.717) is 23.6 Å². The average molecular weight is 317 g/mol. The first kappa shape index (κ1) is 14.9. The molecule has 0 atom stereocenters. The molecule has 1 aromatic heterocycles. The summed E-state index contributed by atoms with van der Waals surface area (Å²) in [5.41, 5.74) is 0.699. The maximum Gasteiger partial charge on any atom is 0.251 e. The molecule has 1 saturated carbocycles. The third-order valence-corrected chi connectivity index (χ3v) is 5.21. The van der Waals surface area contributed by atoms with E-state index in [9.17, 15) is 4.79 Å². The van der Waals surface area contributed by atoms with E-state index in [1.165, 1.54) is 4.88 Å². The van der Waals surface area contributed by atoms with Crippen LogP contribution in [0.5, 0.6) is 11.5 Å². The Morgan fingerprint density at radius 2 is 1.91 bits per heavy atom. The zero-order chi connectivity index (χ0) is 15.6. The minimum atomic E-state index is -0.0972. The molecule has 1 amide bonds. The van der Waals surface area contributed by atoms with Crippen LogP contribution in [0.3, 0.4) is 0 Å². The van der Waals surface area contributed by atoms with Gasteiger partial charge in [-0.15, -0.1) is 11.3 Å². The maximum absolute atomic E-state index is 12.4. The van der Waals surface area contributed by atoms with Crippen LogP contribution >= 0.6 is 11.3 Å². The Kier molecular flexibility index (Phi) is 4.07. The molecule has 5 heteroatoms. The van der Waals surface area contributed by atoms with Gasteiger partial charge in [0, 0.05) is 28.5 Å². The standard InChI is InChI=1S/C17H19NO3S/c1-20-13-8-12(9-14(10-13)21-2)16(19)18-11-17(5-6-17)15-4-3-7-22-15/h3-4,7-10H,5-6,11H2,1-2H3,(H,18,19). The minimum Gasteiger partial charge on any atom is -0.497 e. The molecule has 0 radical (unpaired) electrons. The number of amides is 1. The lowest BCUT2D eigenvalue weighted by Gasteiger charge is -2.15. The quantitative estimate of drug-likeness (QED) is 0.890. The normalized spacial score (nSPS) is 15.2. The van der Waals surface area contributed by atoms with Crippen molar-refractivity contribution < 1.29 is 14.3 Å². The number of rotatable bonds is 6. The molecular formula is C17H19NO3S. The number of carbonyl (C=O) groups is 1. The molecule has 3 rings (SSSR count). The summed E-state index contributed by atoms with van der Waals surface area (Å²) in [6.45, 7) is 0.672. The molecule has 1 N–H and O–H groups in total. The number of ether oxygens (including phenoxy) is 2. The van der Waals surface area contributed by atoms with E-state index in [0.717, 1.165) is 12.8 Å². The summed E-state index contributed by atoms with van der Waals surface area (Å²) in [5.74, 6) is 1.13. The molecule has 1 aromatic carbocycles. The van der Waals surface area contributed by atoms with Gasteiger partial charge in [-0.1, -0.05) is 6.07 Å². The Hall–Kier alpha value is -2.01. The lowest BCUT2D eigenvalue weighted by molar-refractivity contribution is 0.0949. The zero-order valence-corrected chi connectivity index (χ0v) is 13.5. The number of methoxy groups -OCH3 is 2. The Morgan fingerprint density at radius 1 is 1.23 bits per heavy atom. The van der Waals surface area contributed by atoms with E-state index in [4.69, 9.17) is 9.47 Å². The van der Waals surface area contributed by atoms with Gasteiger partial charge in [0.15, 0.2) is 0 Å². The lowest BCUT2D eigenvalue weighted by Crippen LogP contribution is -2.31. The van der Waals surface area contributed by atoms with Crippen molar-refractivity contribution in [2.45, 2.75) is 18.3 Å². The van der Waals surface area contributed by atoms with Crippen molar-refractivity contribution >= 4 is 17.2 Å². The monoisotopic (exact) mass is 317 g/mol. The molecule has 2 aromatic rings. The number of hydrogen-bond acceptors (Lipinski definition) is 4. The third-order valence-electron chi connectivity index (χ3n) is 4.10. The first-order chi connectivity index (χ1) is 10.7. The SMILES string of the molecule is COc1cc(OC)cc(C(=O)NCC2(c3cccs3)CC2)c1. The molecule has 1 aliphatic rings. The lowest BCUT2D eigenvalue weighted by atomic mass is 10.1. The number of carbonyl (C=O) groups excluding carboxylic acids is 1. The fourth-order valence-electron chi connectivity index (χ4n) is 2.53. The fraction of sp³-hybridized carbons (Fsp3) is 0.353. The summed E-state index contributed by atoms with van der Waals surface area (Å²) in [6.07, 6.45) is 2.27. The smallest absolute Gasteiger partial charge is 0.251 e. The van der Waals surface area contributed by atoms with Crippen LogP contribution in [0.1, 0.15) is 28.1 Å². The molecule has 22 heavy (non-hydrogen) atoms. The second kappa shape index (κ2) is 6.01. The number of benzene rings is 1. The van der Waals surface area contributed by atoms with Gasteiger partial charge in [0.05, 0.1) is 14.2 Å². The van der Waals surface area contributed by atoms with Gasteiger partial charge < -0.3 is 14.8 Å². The van der Waals surface area contributed by atoms with Gasteiger partial charge in [0.2, 0.25) is 0 Å². The highest BCUT2D eigenvalue weighted by molar-refractivity contribution is 7.10. The van der Waals surface area contributed by atoms with Crippen molar-refractivity contribution in [2.24, 2.45) is 0 Å². The van der Waals surface area contributed by atoms with E-state index in [2.05, 4.69) is 22.8 Å². The first-order valence-electron chi connectivity index (χ1n) is 7.22. The van der Waals surface area contributed by atoms with Gasteiger partial charge >= 0.3 is 0 Å². The van der Waals surface area contributed by atoms with E-state index < -0.39 is 0 Å². The van der Waals surface area contributed by atoms with Gasteiger partial charge in [0.1, 0.15) is 11.5 Å². The Bertz CT molecular complexity index is 640. The van der Waals surface area contributed by atoms with Crippen LogP contribution in [-0.4, -0.2) is 26.7 Å². The van der Waals surface area contributed by atoms with Crippen molar-refractivity contribution in [3.05, 3.63) is 46.2 Å². The number of nitrogens with one attached hydrogen (secondary N) is 1. The van der Waals surface area contributed by atoms with Crippen molar-refractivity contribution in [1.29, 1.82) is 0 Å². The Labute approximate surface area is 134 Å². The van der Waals surface area contributed by atoms with Crippen LogP contribution in [-0.2, 0) is 5.41 Å². The van der Waals surface area contributed by atoms with E-state index in [1.807, 2.05) is 0 Å². The van der Waals surface area contributed by atoms with Crippen molar-refractivity contribution in [1.82, 2.24) is 5.32 Å². The van der Waals surface area contributed by atoms with E-state index in [1.54, 1.807) is 43.8 Å². The molecule has 0 aliphatic heterocycles. The summed E-state index contributed by atoms with van der Waals surface area (Å²) in [4.78, 5) is 13.8. The zero-order valence-electron chi connectivity index (χ0n) is 12.7. The molecule has 0 saturated heterocycles. The van der Waals surface area contributed by atoms with Crippen LogP contribution in [0.2, 0.25) is 0 Å². The topological polar surface area (TPSA) is 47.6 Å². The summed E-state index contributed by atoms with van der Waals surface area (Å²) in [7, 11) is 3.15. The van der Waals surface area contributed by atoms with Gasteiger partial charge in [-0.05, 0) is 36.4 Å². The fourth-order valence-corrected chi connectivity index (χ4v) is 3.52. The van der Waals surface area contributed by atoms with Gasteiger partial charge in [-0.25, -0.2) is 0 Å². The highest BCUT2D eigenvalue weighted by atomic mass is 32.1. The second-order valence-corrected chi connectivity index (χ2v) is 6.49. The van der Waals surface area contributed by atoms with E-state index in [-0.39, 0.29) is 11.3 Å². The second-order valence-electron chi connectivity index (χ2n) is 5.54. The summed E-state index contributed by atoms with van der Waals surface area (Å²) >= 11 is 1.76. The van der Waals surface area contributed by atoms with Crippen LogP contribution in [0.15, 0.2) is 35.7 Å². The molecule has 0 spiro atoms. The minimum absolute atomic E-state index is 0.0972. The van der Waals surface area contributed by atoms with Crippen molar-refractivity contribution in [2.75, 3.05) is 20.8 Å². The van der Waals surface area contributed by atoms with E-state index >= 15 is 0 Å². The molecule has 116 valence electrons. The van der Waals surface area contributed by atoms with Gasteiger partial charge in [-0.2, -0.15) is 0 Å². The number of thiophene rings is 1. The van der Waals surface area contributed by atoms with Crippen molar-refractivity contribution in [3.63, 3.8) is 0 Å². The largest absolute Gasteiger partial charge is 0.497 e. The molecule has 4 nitrogen and oxygen atoms in total. The molecule has 1 fully saturated rings. The van der Waals surface area contributed by atoms with Crippen LogP contribution in [0, 0.1) is 0 Å². The van der Waals surface area contributed by atoms with Gasteiger partial charge in [0.25, 0.3) is 5.91 Å². The highest BCUT2D eigenvalue weighted by Gasteiger charge is 2.45. The van der Waals surface area contributed by atoms with Crippen LogP contribution in [0.25, 0.3) is 0 Å². The Balaban J connectivity index is 1.70. The van der Waals surface area contributed by atoms with Crippen molar-refractivity contribution in [3.8, 4) is 11.5 Å². The van der Waals surface area contributed by atoms with Crippen LogP contribution < -0.4 is 14.8 Å². The summed E-state index contributed by atoms with van der Waals surface area (Å²) in [6, 6.07) is 9.42. The molecule has 1 aliphatic carbocycles. The summed E-state index contributed by atoms with van der Waals surface area (Å²) < 4.78 is 10.4. The molecule has 1 heterocycles. The molecule has 0 unspecified atom stereocenters. The first-order valence-corrected chi connectivity index (χ1v) is 8.10. The number of hydrogen-bond donors (Lipinski definition) is 1. The maximum atomic E-state index is 12.4. The molecular weight excluding hydrogens is 298 g/mol. The Morgan fingerprint density at radius 3 is 2.41 bits per heavy atom. The summed E-state index contributed by atoms with van der Waals surface area (Å²) in [5, 5.41) is 5.14. The van der Waals surface area contributed by atoms with Gasteiger partial charge in [-0.3, -0.25) is 4.79 Å². The molecule has 0 bridgehead atoms. The predicted molar refractivity (Wildman–Crippen MR) is 87.1 cm³/mol. The average Bonchev–Trinajstić information content (AvgIpc) is 3.14. The van der Waals surface area contributed by atoms with Crippen LogP contribution in [0.4, 0.5) is 0 Å².